The van der Waals surface area contributed by atoms with Crippen molar-refractivity contribution in [3.63, 3.8) is 0 Å². The predicted octanol–water partition coefficient (Wildman–Crippen LogP) is 2.75. The lowest BCUT2D eigenvalue weighted by Crippen LogP contribution is -1.95. The average Bonchev–Trinajstić information content (AvgIpc) is 2.89. The highest BCUT2D eigenvalue weighted by molar-refractivity contribution is 5.26. The van der Waals surface area contributed by atoms with Gasteiger partial charge in [-0.3, -0.25) is 0 Å². The van der Waals surface area contributed by atoms with Gasteiger partial charge < -0.3 is 4.74 Å². The van der Waals surface area contributed by atoms with Crippen LogP contribution >= 0.6 is 0 Å². The summed E-state index contributed by atoms with van der Waals surface area (Å²) in [5, 5.41) is 0. The Morgan fingerprint density at radius 3 is 2.85 bits per heavy atom. The van der Waals surface area contributed by atoms with E-state index in [9.17, 15) is 0 Å². The van der Waals surface area contributed by atoms with Gasteiger partial charge in [0.2, 0.25) is 0 Å². The van der Waals surface area contributed by atoms with Crippen LogP contribution in [0.3, 0.4) is 0 Å². The molecule has 1 aliphatic rings. The van der Waals surface area contributed by atoms with E-state index in [1.165, 1.54) is 11.1 Å². The first-order valence-electron chi connectivity index (χ1n) is 4.96. The second kappa shape index (κ2) is 3.51. The fourth-order valence-electron chi connectivity index (χ4n) is 1.53. The zero-order chi connectivity index (χ0) is 9.26. The summed E-state index contributed by atoms with van der Waals surface area (Å²) in [5.74, 6) is 0.625. The quantitative estimate of drug-likeness (QED) is 0.645. The monoisotopic (exact) mass is 176 g/mol. The minimum atomic E-state index is 0.502. The highest BCUT2D eigenvalue weighted by Crippen LogP contribution is 2.20. The summed E-state index contributed by atoms with van der Waals surface area (Å²) in [5.41, 5.74) is 2.84. The molecule has 70 valence electrons. The molecule has 2 rings (SSSR count). The Morgan fingerprint density at radius 2 is 2.23 bits per heavy atom. The Labute approximate surface area is 79.7 Å². The average molecular weight is 176 g/mol. The molecule has 0 aromatic heterocycles. The fourth-order valence-corrected chi connectivity index (χ4v) is 1.53. The summed E-state index contributed by atoms with van der Waals surface area (Å²) in [6, 6.07) is 8.83. The van der Waals surface area contributed by atoms with E-state index in [4.69, 9.17) is 4.74 Å². The molecule has 0 amide bonds. The summed E-state index contributed by atoms with van der Waals surface area (Å²) in [7, 11) is 0. The van der Waals surface area contributed by atoms with Crippen molar-refractivity contribution in [2.45, 2.75) is 32.3 Å². The molecule has 1 aliphatic heterocycles. The van der Waals surface area contributed by atoms with Gasteiger partial charge in [0.05, 0.1) is 12.7 Å². The molecule has 1 saturated heterocycles. The second-order valence-corrected chi connectivity index (χ2v) is 4.06. The molecule has 1 aromatic carbocycles. The Hall–Kier alpha value is -0.820. The topological polar surface area (TPSA) is 12.5 Å². The molecule has 0 N–H and O–H groups in total. The minimum absolute atomic E-state index is 0.502. The lowest BCUT2D eigenvalue weighted by Gasteiger charge is -2.06. The maximum absolute atomic E-state index is 5.21. The van der Waals surface area contributed by atoms with Crippen molar-refractivity contribution < 1.29 is 4.74 Å². The van der Waals surface area contributed by atoms with Gasteiger partial charge in [-0.1, -0.05) is 38.1 Å². The second-order valence-electron chi connectivity index (χ2n) is 4.06. The van der Waals surface area contributed by atoms with Gasteiger partial charge in [-0.2, -0.15) is 0 Å². The number of epoxide rings is 1. The van der Waals surface area contributed by atoms with Crippen molar-refractivity contribution in [3.8, 4) is 0 Å². The summed E-state index contributed by atoms with van der Waals surface area (Å²) < 4.78 is 5.21. The predicted molar refractivity (Wildman–Crippen MR) is 54.0 cm³/mol. The summed E-state index contributed by atoms with van der Waals surface area (Å²) in [6.07, 6.45) is 1.59. The van der Waals surface area contributed by atoms with Crippen LogP contribution in [0, 0.1) is 0 Å². The first kappa shape index (κ1) is 8.76. The number of hydrogen-bond donors (Lipinski definition) is 0. The molecule has 1 heteroatoms. The molecular formula is C12H16O. The van der Waals surface area contributed by atoms with Crippen LogP contribution in [0.25, 0.3) is 0 Å². The van der Waals surface area contributed by atoms with Crippen LogP contribution in [0.2, 0.25) is 0 Å². The normalized spacial score (nSPS) is 20.7. The van der Waals surface area contributed by atoms with E-state index < -0.39 is 0 Å². The standard InChI is InChI=1S/C12H16O/c1-9(2)11-5-3-4-10(6-11)7-12-8-13-12/h3-6,9,12H,7-8H2,1-2H3. The molecule has 1 atom stereocenters. The lowest BCUT2D eigenvalue weighted by atomic mass is 9.99. The largest absolute Gasteiger partial charge is 0.373 e. The maximum atomic E-state index is 5.21. The van der Waals surface area contributed by atoms with Crippen molar-refractivity contribution in [1.82, 2.24) is 0 Å². The molecule has 0 saturated carbocycles. The lowest BCUT2D eigenvalue weighted by molar-refractivity contribution is 0.407. The Bertz CT molecular complexity index is 287. The third kappa shape index (κ3) is 2.31. The van der Waals surface area contributed by atoms with Crippen LogP contribution in [0.5, 0.6) is 0 Å². The van der Waals surface area contributed by atoms with Crippen LogP contribution in [-0.4, -0.2) is 12.7 Å². The fraction of sp³-hybridized carbons (Fsp3) is 0.500. The Kier molecular flexibility index (Phi) is 2.36. The van der Waals surface area contributed by atoms with Crippen molar-refractivity contribution in [2.24, 2.45) is 0 Å². The maximum Gasteiger partial charge on any atom is 0.0850 e. The molecule has 1 aromatic rings. The van der Waals surface area contributed by atoms with E-state index in [-0.39, 0.29) is 0 Å². The zero-order valence-corrected chi connectivity index (χ0v) is 8.29. The molecule has 0 spiro atoms. The molecule has 1 unspecified atom stereocenters. The van der Waals surface area contributed by atoms with Gasteiger partial charge in [-0.15, -0.1) is 0 Å². The van der Waals surface area contributed by atoms with E-state index in [1.807, 2.05) is 0 Å². The van der Waals surface area contributed by atoms with Crippen molar-refractivity contribution in [2.75, 3.05) is 6.61 Å². The van der Waals surface area contributed by atoms with Gasteiger partial charge in [-0.25, -0.2) is 0 Å². The van der Waals surface area contributed by atoms with Crippen LogP contribution in [0.4, 0.5) is 0 Å². The SMILES string of the molecule is CC(C)c1cccc(CC2CO2)c1. The van der Waals surface area contributed by atoms with Gasteiger partial charge in [-0.05, 0) is 17.0 Å². The van der Waals surface area contributed by atoms with E-state index >= 15 is 0 Å². The molecule has 0 bridgehead atoms. The van der Waals surface area contributed by atoms with Gasteiger partial charge >= 0.3 is 0 Å². The number of hydrogen-bond acceptors (Lipinski definition) is 1. The van der Waals surface area contributed by atoms with E-state index in [0.29, 0.717) is 12.0 Å². The number of rotatable bonds is 3. The molecule has 0 aliphatic carbocycles. The van der Waals surface area contributed by atoms with E-state index in [1.54, 1.807) is 0 Å². The Morgan fingerprint density at radius 1 is 1.46 bits per heavy atom. The van der Waals surface area contributed by atoms with E-state index in [2.05, 4.69) is 38.1 Å². The first-order chi connectivity index (χ1) is 6.25. The van der Waals surface area contributed by atoms with Gasteiger partial charge in [0.25, 0.3) is 0 Å². The van der Waals surface area contributed by atoms with Gasteiger partial charge in [0.15, 0.2) is 0 Å². The summed E-state index contributed by atoms with van der Waals surface area (Å²) >= 11 is 0. The van der Waals surface area contributed by atoms with Crippen LogP contribution < -0.4 is 0 Å². The Balaban J connectivity index is 2.11. The number of ether oxygens (including phenoxy) is 1. The first-order valence-corrected chi connectivity index (χ1v) is 4.96. The summed E-state index contributed by atoms with van der Waals surface area (Å²) in [6.45, 7) is 5.41. The highest BCUT2D eigenvalue weighted by Gasteiger charge is 2.22. The van der Waals surface area contributed by atoms with Crippen LogP contribution in [0.15, 0.2) is 24.3 Å². The molecule has 1 fully saturated rings. The third-order valence-electron chi connectivity index (χ3n) is 2.48. The van der Waals surface area contributed by atoms with Gasteiger partial charge in [0.1, 0.15) is 0 Å². The molecular weight excluding hydrogens is 160 g/mol. The highest BCUT2D eigenvalue weighted by atomic mass is 16.6. The molecule has 13 heavy (non-hydrogen) atoms. The van der Waals surface area contributed by atoms with E-state index in [0.717, 1.165) is 13.0 Å². The summed E-state index contributed by atoms with van der Waals surface area (Å²) in [4.78, 5) is 0. The van der Waals surface area contributed by atoms with Crippen molar-refractivity contribution in [1.29, 1.82) is 0 Å². The zero-order valence-electron chi connectivity index (χ0n) is 8.29. The molecule has 1 heterocycles. The van der Waals surface area contributed by atoms with Crippen LogP contribution in [-0.2, 0) is 11.2 Å². The third-order valence-corrected chi connectivity index (χ3v) is 2.48. The minimum Gasteiger partial charge on any atom is -0.373 e. The smallest absolute Gasteiger partial charge is 0.0850 e. The van der Waals surface area contributed by atoms with Crippen LogP contribution in [0.1, 0.15) is 30.9 Å². The van der Waals surface area contributed by atoms with Crippen molar-refractivity contribution >= 4 is 0 Å². The molecule has 1 nitrogen and oxygen atoms in total. The van der Waals surface area contributed by atoms with Gasteiger partial charge in [0, 0.05) is 6.42 Å². The number of benzene rings is 1. The molecule has 0 radical (unpaired) electrons. The van der Waals surface area contributed by atoms with Crippen molar-refractivity contribution in [3.05, 3.63) is 35.4 Å².